The zero-order valence-corrected chi connectivity index (χ0v) is 12.2. The summed E-state index contributed by atoms with van der Waals surface area (Å²) in [6.45, 7) is 1.05. The van der Waals surface area contributed by atoms with E-state index in [-0.39, 0.29) is 5.54 Å². The van der Waals surface area contributed by atoms with Gasteiger partial charge >= 0.3 is 0 Å². The molecule has 104 valence electrons. The van der Waals surface area contributed by atoms with Crippen LogP contribution in [0.1, 0.15) is 32.1 Å². The van der Waals surface area contributed by atoms with Crippen molar-refractivity contribution < 1.29 is 0 Å². The summed E-state index contributed by atoms with van der Waals surface area (Å²) in [5.41, 5.74) is 2.42. The lowest BCUT2D eigenvalue weighted by Crippen LogP contribution is -2.49. The van der Waals surface area contributed by atoms with Crippen molar-refractivity contribution in [3.8, 4) is 0 Å². The number of fused-ring (bicyclic) bond motifs is 5. The number of nitrogens with one attached hydrogen (secondary N) is 1. The van der Waals surface area contributed by atoms with Gasteiger partial charge in [0, 0.05) is 0 Å². The lowest BCUT2D eigenvalue weighted by Gasteiger charge is -2.48. The van der Waals surface area contributed by atoms with Crippen LogP contribution < -0.4 is 10.2 Å². The molecule has 1 aromatic rings. The summed E-state index contributed by atoms with van der Waals surface area (Å²) in [6, 6.07) is 6.12. The molecule has 0 saturated heterocycles. The lowest BCUT2D eigenvalue weighted by molar-refractivity contribution is 0.0830. The highest BCUT2D eigenvalue weighted by Gasteiger charge is 2.53. The second-order valence-corrected chi connectivity index (χ2v) is 7.21. The number of halogens is 1. The highest BCUT2D eigenvalue weighted by Crippen LogP contribution is 2.53. The number of hydrogen-bond acceptors (Lipinski definition) is 3. The Morgan fingerprint density at radius 1 is 1.25 bits per heavy atom. The number of anilines is 2. The van der Waals surface area contributed by atoms with Crippen molar-refractivity contribution >= 4 is 28.9 Å². The van der Waals surface area contributed by atoms with Gasteiger partial charge in [-0.2, -0.15) is 0 Å². The van der Waals surface area contributed by atoms with Crippen molar-refractivity contribution in [3.05, 3.63) is 23.2 Å². The first kappa shape index (κ1) is 11.4. The van der Waals surface area contributed by atoms with Crippen LogP contribution in [0.5, 0.6) is 0 Å². The number of rotatable bonds is 0. The van der Waals surface area contributed by atoms with Crippen LogP contribution >= 0.6 is 11.6 Å². The molecular weight excluding hydrogens is 270 g/mol. The average molecular weight is 288 g/mol. The SMILES string of the molecule is Clc1cccc2c1NC1=N[C@]3(CC4CCC3CC4)CN12. The first-order valence-corrected chi connectivity index (χ1v) is 8.06. The summed E-state index contributed by atoms with van der Waals surface area (Å²) in [5, 5.41) is 4.23. The van der Waals surface area contributed by atoms with Crippen LogP contribution in [0.15, 0.2) is 23.2 Å². The standard InChI is InChI=1S/C16H18ClN3/c17-12-2-1-3-13-14(12)18-15-19-16(9-20(13)15)8-10-4-6-11(16)7-5-10/h1-3,10-11H,4-9H2,(H,18,19)/t10?,11?,16-/m1/s1. The van der Waals surface area contributed by atoms with E-state index in [9.17, 15) is 0 Å². The Balaban J connectivity index is 1.55. The smallest absolute Gasteiger partial charge is 0.203 e. The Morgan fingerprint density at radius 3 is 2.85 bits per heavy atom. The van der Waals surface area contributed by atoms with Crippen molar-refractivity contribution in [3.63, 3.8) is 0 Å². The van der Waals surface area contributed by atoms with E-state index < -0.39 is 0 Å². The number of nitrogens with zero attached hydrogens (tertiary/aromatic N) is 2. The molecule has 1 spiro atoms. The van der Waals surface area contributed by atoms with Gasteiger partial charge in [0.15, 0.2) is 0 Å². The maximum atomic E-state index is 6.28. The molecule has 0 radical (unpaired) electrons. The van der Waals surface area contributed by atoms with Gasteiger partial charge in [0.1, 0.15) is 0 Å². The maximum Gasteiger partial charge on any atom is 0.203 e. The molecule has 1 aromatic carbocycles. The summed E-state index contributed by atoms with van der Waals surface area (Å²) >= 11 is 6.28. The highest BCUT2D eigenvalue weighted by atomic mass is 35.5. The summed E-state index contributed by atoms with van der Waals surface area (Å²) in [6.07, 6.45) is 6.88. The first-order valence-electron chi connectivity index (χ1n) is 7.68. The Kier molecular flexibility index (Phi) is 2.12. The van der Waals surface area contributed by atoms with E-state index in [1.165, 1.54) is 37.8 Å². The van der Waals surface area contributed by atoms with Crippen LogP contribution in [-0.2, 0) is 0 Å². The van der Waals surface area contributed by atoms with Crippen molar-refractivity contribution in [2.45, 2.75) is 37.6 Å². The molecule has 2 aliphatic heterocycles. The van der Waals surface area contributed by atoms with Crippen molar-refractivity contribution in [1.82, 2.24) is 0 Å². The Labute approximate surface area is 124 Å². The number of para-hydroxylation sites is 1. The minimum absolute atomic E-state index is 0.184. The molecule has 3 fully saturated rings. The molecule has 0 unspecified atom stereocenters. The summed E-state index contributed by atoms with van der Waals surface area (Å²) in [5.74, 6) is 2.72. The third-order valence-corrected chi connectivity index (χ3v) is 6.10. The fourth-order valence-electron chi connectivity index (χ4n) is 4.82. The van der Waals surface area contributed by atoms with Gasteiger partial charge in [-0.25, -0.2) is 4.99 Å². The summed E-state index contributed by atoms with van der Waals surface area (Å²) < 4.78 is 0. The van der Waals surface area contributed by atoms with Crippen LogP contribution in [0.25, 0.3) is 0 Å². The fraction of sp³-hybridized carbons (Fsp3) is 0.562. The normalized spacial score (nSPS) is 36.9. The van der Waals surface area contributed by atoms with Crippen molar-refractivity contribution in [2.75, 3.05) is 16.8 Å². The second kappa shape index (κ2) is 3.70. The molecule has 3 aliphatic carbocycles. The molecule has 1 N–H and O–H groups in total. The number of aliphatic imine (C=N–C) groups is 1. The van der Waals surface area contributed by atoms with Crippen molar-refractivity contribution in [2.24, 2.45) is 16.8 Å². The van der Waals surface area contributed by atoms with Crippen molar-refractivity contribution in [1.29, 1.82) is 0 Å². The predicted molar refractivity (Wildman–Crippen MR) is 82.7 cm³/mol. The minimum Gasteiger partial charge on any atom is -0.323 e. The molecule has 3 saturated carbocycles. The number of benzene rings is 1. The largest absolute Gasteiger partial charge is 0.323 e. The maximum absolute atomic E-state index is 6.28. The average Bonchev–Trinajstić information content (AvgIpc) is 2.96. The van der Waals surface area contributed by atoms with Gasteiger partial charge in [-0.05, 0) is 43.2 Å². The van der Waals surface area contributed by atoms with Crippen LogP contribution in [0.3, 0.4) is 0 Å². The van der Waals surface area contributed by atoms with E-state index in [0.717, 1.165) is 35.1 Å². The Morgan fingerprint density at radius 2 is 2.10 bits per heavy atom. The molecule has 1 atom stereocenters. The van der Waals surface area contributed by atoms with E-state index >= 15 is 0 Å². The van der Waals surface area contributed by atoms with Crippen LogP contribution in [-0.4, -0.2) is 18.0 Å². The third-order valence-electron chi connectivity index (χ3n) is 5.78. The molecular formula is C16H18ClN3. The molecule has 3 nitrogen and oxygen atoms in total. The van der Waals surface area contributed by atoms with Gasteiger partial charge < -0.3 is 10.2 Å². The van der Waals surface area contributed by atoms with E-state index in [0.29, 0.717) is 0 Å². The predicted octanol–water partition coefficient (Wildman–Crippen LogP) is 3.89. The Bertz CT molecular complexity index is 618. The molecule has 5 aliphatic rings. The molecule has 0 amide bonds. The van der Waals surface area contributed by atoms with E-state index in [2.05, 4.69) is 16.3 Å². The summed E-state index contributed by atoms with van der Waals surface area (Å²) in [7, 11) is 0. The lowest BCUT2D eigenvalue weighted by atomic mass is 9.60. The molecule has 2 heterocycles. The zero-order chi connectivity index (χ0) is 13.3. The molecule has 0 aromatic heterocycles. The Hall–Kier alpha value is -1.22. The van der Waals surface area contributed by atoms with E-state index in [1.807, 2.05) is 12.1 Å². The van der Waals surface area contributed by atoms with Gasteiger partial charge in [-0.15, -0.1) is 0 Å². The topological polar surface area (TPSA) is 27.6 Å². The van der Waals surface area contributed by atoms with Gasteiger partial charge in [-0.3, -0.25) is 0 Å². The van der Waals surface area contributed by atoms with Gasteiger partial charge in [0.25, 0.3) is 0 Å². The molecule has 6 rings (SSSR count). The van der Waals surface area contributed by atoms with Crippen LogP contribution in [0.4, 0.5) is 11.4 Å². The second-order valence-electron chi connectivity index (χ2n) is 6.81. The summed E-state index contributed by atoms with van der Waals surface area (Å²) in [4.78, 5) is 7.50. The van der Waals surface area contributed by atoms with Crippen LogP contribution in [0, 0.1) is 11.8 Å². The number of guanidine groups is 1. The fourth-order valence-corrected chi connectivity index (χ4v) is 5.04. The zero-order valence-electron chi connectivity index (χ0n) is 11.4. The minimum atomic E-state index is 0.184. The molecule has 2 bridgehead atoms. The van der Waals surface area contributed by atoms with E-state index in [1.54, 1.807) is 0 Å². The monoisotopic (exact) mass is 287 g/mol. The van der Waals surface area contributed by atoms with Gasteiger partial charge in [0.2, 0.25) is 5.96 Å². The molecule has 20 heavy (non-hydrogen) atoms. The van der Waals surface area contributed by atoms with Crippen LogP contribution in [0.2, 0.25) is 5.02 Å². The third kappa shape index (κ3) is 1.34. The first-order chi connectivity index (χ1) is 9.75. The molecule has 4 heteroatoms. The van der Waals surface area contributed by atoms with Gasteiger partial charge in [-0.1, -0.05) is 30.5 Å². The van der Waals surface area contributed by atoms with E-state index in [4.69, 9.17) is 16.6 Å². The number of hydrogen-bond donors (Lipinski definition) is 1. The van der Waals surface area contributed by atoms with Gasteiger partial charge in [0.05, 0.1) is 28.5 Å². The highest BCUT2D eigenvalue weighted by molar-refractivity contribution is 6.36. The quantitative estimate of drug-likeness (QED) is 0.784.